The third-order valence-corrected chi connectivity index (χ3v) is 4.26. The summed E-state index contributed by atoms with van der Waals surface area (Å²) in [6.45, 7) is 1.58. The zero-order chi connectivity index (χ0) is 17.5. The maximum Gasteiger partial charge on any atom is 0.253 e. The van der Waals surface area contributed by atoms with Crippen molar-refractivity contribution in [2.75, 3.05) is 11.9 Å². The molecule has 1 heterocycles. The molecule has 1 aliphatic rings. The summed E-state index contributed by atoms with van der Waals surface area (Å²) in [5, 5.41) is 2.89. The van der Waals surface area contributed by atoms with E-state index in [2.05, 4.69) is 5.32 Å². The fourth-order valence-corrected chi connectivity index (χ4v) is 2.84. The first kappa shape index (κ1) is 17.6. The largest absolute Gasteiger partial charge is 0.372 e. The van der Waals surface area contributed by atoms with Crippen molar-refractivity contribution in [3.8, 4) is 0 Å². The van der Waals surface area contributed by atoms with Crippen LogP contribution in [0.5, 0.6) is 0 Å². The average molecular weight is 340 g/mol. The number of benzene rings is 2. The van der Waals surface area contributed by atoms with Crippen molar-refractivity contribution in [3.05, 3.63) is 65.7 Å². The monoisotopic (exact) mass is 340 g/mol. The Morgan fingerprint density at radius 1 is 1.04 bits per heavy atom. The van der Waals surface area contributed by atoms with Gasteiger partial charge in [0, 0.05) is 12.2 Å². The predicted molar refractivity (Wildman–Crippen MR) is 97.0 cm³/mol. The standard InChI is InChI=1S/C20H24N2O3/c21-12-18-10-11-19(25-18)20(23)22-17-8-6-16(7-9-17)14-24-13-15-4-2-1-3-5-15/h1-9,18-19H,10-14,21H2,(H,22,23)/t18-,19+/m1/s1. The van der Waals surface area contributed by atoms with Crippen LogP contribution >= 0.6 is 0 Å². The number of anilines is 1. The molecule has 3 rings (SSSR count). The zero-order valence-corrected chi connectivity index (χ0v) is 14.2. The average Bonchev–Trinajstić information content (AvgIpc) is 3.13. The molecule has 25 heavy (non-hydrogen) atoms. The van der Waals surface area contributed by atoms with Gasteiger partial charge in [-0.2, -0.15) is 0 Å². The molecule has 0 saturated carbocycles. The number of nitrogens with one attached hydrogen (secondary N) is 1. The molecule has 3 N–H and O–H groups in total. The Kier molecular flexibility index (Phi) is 6.17. The molecular weight excluding hydrogens is 316 g/mol. The van der Waals surface area contributed by atoms with Crippen LogP contribution in [-0.4, -0.2) is 24.7 Å². The van der Waals surface area contributed by atoms with Crippen molar-refractivity contribution in [1.29, 1.82) is 0 Å². The van der Waals surface area contributed by atoms with Crippen LogP contribution in [-0.2, 0) is 27.5 Å². The molecule has 1 aliphatic heterocycles. The second kappa shape index (κ2) is 8.76. The maximum absolute atomic E-state index is 12.2. The molecule has 0 spiro atoms. The number of carbonyl (C=O) groups is 1. The van der Waals surface area contributed by atoms with Gasteiger partial charge in [-0.3, -0.25) is 4.79 Å². The smallest absolute Gasteiger partial charge is 0.253 e. The lowest BCUT2D eigenvalue weighted by molar-refractivity contribution is -0.126. The lowest BCUT2D eigenvalue weighted by Gasteiger charge is -2.13. The number of hydrogen-bond acceptors (Lipinski definition) is 4. The lowest BCUT2D eigenvalue weighted by Crippen LogP contribution is -2.29. The van der Waals surface area contributed by atoms with Crippen molar-refractivity contribution in [2.24, 2.45) is 5.73 Å². The SMILES string of the molecule is NC[C@H]1CC[C@@H](C(=O)Nc2ccc(COCc3ccccc3)cc2)O1. The van der Waals surface area contributed by atoms with E-state index in [4.69, 9.17) is 15.2 Å². The summed E-state index contributed by atoms with van der Waals surface area (Å²) >= 11 is 0. The third-order valence-electron chi connectivity index (χ3n) is 4.26. The third kappa shape index (κ3) is 5.13. The Morgan fingerprint density at radius 2 is 1.72 bits per heavy atom. The minimum atomic E-state index is -0.401. The normalized spacial score (nSPS) is 19.7. The van der Waals surface area contributed by atoms with Gasteiger partial charge in [0.25, 0.3) is 5.91 Å². The highest BCUT2D eigenvalue weighted by atomic mass is 16.5. The second-order valence-electron chi connectivity index (χ2n) is 6.22. The summed E-state index contributed by atoms with van der Waals surface area (Å²) in [5.74, 6) is -0.107. The number of carbonyl (C=O) groups excluding carboxylic acids is 1. The van der Waals surface area contributed by atoms with Crippen molar-refractivity contribution < 1.29 is 14.3 Å². The van der Waals surface area contributed by atoms with Crippen molar-refractivity contribution in [1.82, 2.24) is 0 Å². The summed E-state index contributed by atoms with van der Waals surface area (Å²) in [6.07, 6.45) is 1.16. The highest BCUT2D eigenvalue weighted by Gasteiger charge is 2.29. The molecule has 2 aromatic carbocycles. The number of amides is 1. The molecule has 2 atom stereocenters. The topological polar surface area (TPSA) is 73.6 Å². The van der Waals surface area contributed by atoms with Crippen LogP contribution in [0, 0.1) is 0 Å². The Morgan fingerprint density at radius 3 is 2.36 bits per heavy atom. The van der Waals surface area contributed by atoms with Crippen LogP contribution in [0.15, 0.2) is 54.6 Å². The van der Waals surface area contributed by atoms with Gasteiger partial charge in [-0.05, 0) is 36.1 Å². The van der Waals surface area contributed by atoms with E-state index in [1.165, 1.54) is 0 Å². The molecule has 0 radical (unpaired) electrons. The molecule has 1 fully saturated rings. The van der Waals surface area contributed by atoms with Gasteiger partial charge in [0.15, 0.2) is 0 Å². The molecule has 0 unspecified atom stereocenters. The van der Waals surface area contributed by atoms with E-state index in [9.17, 15) is 4.79 Å². The van der Waals surface area contributed by atoms with Gasteiger partial charge in [0.1, 0.15) is 6.10 Å². The molecule has 5 heteroatoms. The van der Waals surface area contributed by atoms with E-state index in [0.717, 1.165) is 29.7 Å². The van der Waals surface area contributed by atoms with Crippen molar-refractivity contribution >= 4 is 11.6 Å². The van der Waals surface area contributed by atoms with Gasteiger partial charge >= 0.3 is 0 Å². The van der Waals surface area contributed by atoms with E-state index in [1.54, 1.807) is 0 Å². The molecule has 132 valence electrons. The fraction of sp³-hybridized carbons (Fsp3) is 0.350. The summed E-state index contributed by atoms with van der Waals surface area (Å²) in [4.78, 5) is 12.2. The molecule has 2 aromatic rings. The minimum Gasteiger partial charge on any atom is -0.372 e. The van der Waals surface area contributed by atoms with E-state index in [1.807, 2.05) is 54.6 Å². The van der Waals surface area contributed by atoms with E-state index < -0.39 is 6.10 Å². The van der Waals surface area contributed by atoms with E-state index in [-0.39, 0.29) is 12.0 Å². The second-order valence-corrected chi connectivity index (χ2v) is 6.22. The highest BCUT2D eigenvalue weighted by Crippen LogP contribution is 2.20. The van der Waals surface area contributed by atoms with Gasteiger partial charge in [-0.15, -0.1) is 0 Å². The molecule has 1 saturated heterocycles. The van der Waals surface area contributed by atoms with Crippen molar-refractivity contribution in [3.63, 3.8) is 0 Å². The number of nitrogens with two attached hydrogens (primary N) is 1. The summed E-state index contributed by atoms with van der Waals surface area (Å²) in [5.41, 5.74) is 8.55. The van der Waals surface area contributed by atoms with Gasteiger partial charge in [0.05, 0.1) is 19.3 Å². The molecule has 5 nitrogen and oxygen atoms in total. The zero-order valence-electron chi connectivity index (χ0n) is 14.2. The minimum absolute atomic E-state index is 0.000102. The van der Waals surface area contributed by atoms with E-state index in [0.29, 0.717) is 19.8 Å². The number of rotatable bonds is 7. The van der Waals surface area contributed by atoms with Crippen LogP contribution in [0.3, 0.4) is 0 Å². The molecule has 0 aromatic heterocycles. The first-order valence-electron chi connectivity index (χ1n) is 8.61. The first-order valence-corrected chi connectivity index (χ1v) is 8.61. The molecule has 0 aliphatic carbocycles. The van der Waals surface area contributed by atoms with Crippen LogP contribution in [0.2, 0.25) is 0 Å². The highest BCUT2D eigenvalue weighted by molar-refractivity contribution is 5.94. The Hall–Kier alpha value is -2.21. The molecular formula is C20H24N2O3. The van der Waals surface area contributed by atoms with Crippen molar-refractivity contribution in [2.45, 2.75) is 38.3 Å². The molecule has 0 bridgehead atoms. The Bertz CT molecular complexity index is 673. The Labute approximate surface area is 148 Å². The first-order chi connectivity index (χ1) is 12.2. The lowest BCUT2D eigenvalue weighted by atomic mass is 10.1. The van der Waals surface area contributed by atoms with Gasteiger partial charge < -0.3 is 20.5 Å². The van der Waals surface area contributed by atoms with Crippen LogP contribution < -0.4 is 11.1 Å². The maximum atomic E-state index is 12.2. The summed E-state index contributed by atoms with van der Waals surface area (Å²) in [6, 6.07) is 17.8. The van der Waals surface area contributed by atoms with Crippen LogP contribution in [0.4, 0.5) is 5.69 Å². The van der Waals surface area contributed by atoms with Crippen LogP contribution in [0.1, 0.15) is 24.0 Å². The van der Waals surface area contributed by atoms with Gasteiger partial charge in [-0.1, -0.05) is 42.5 Å². The van der Waals surface area contributed by atoms with E-state index >= 15 is 0 Å². The van der Waals surface area contributed by atoms with Crippen LogP contribution in [0.25, 0.3) is 0 Å². The predicted octanol–water partition coefficient (Wildman–Crippen LogP) is 2.85. The molecule has 1 amide bonds. The fourth-order valence-electron chi connectivity index (χ4n) is 2.84. The van der Waals surface area contributed by atoms with Gasteiger partial charge in [-0.25, -0.2) is 0 Å². The van der Waals surface area contributed by atoms with Gasteiger partial charge in [0.2, 0.25) is 0 Å². The summed E-state index contributed by atoms with van der Waals surface area (Å²) in [7, 11) is 0. The number of ether oxygens (including phenoxy) is 2. The number of hydrogen-bond donors (Lipinski definition) is 2. The quantitative estimate of drug-likeness (QED) is 0.813. The Balaban J connectivity index is 1.45. The summed E-state index contributed by atoms with van der Waals surface area (Å²) < 4.78 is 11.3.